The van der Waals surface area contributed by atoms with Crippen LogP contribution in [0.5, 0.6) is 0 Å². The van der Waals surface area contributed by atoms with E-state index < -0.39 is 0 Å². The first-order chi connectivity index (χ1) is 15.6. The number of carbonyl (C=O) groups excluding carboxylic acids is 1. The Bertz CT molecular complexity index is 1160. The van der Waals surface area contributed by atoms with E-state index in [0.717, 1.165) is 21.7 Å². The Morgan fingerprint density at radius 3 is 2.50 bits per heavy atom. The monoisotopic (exact) mass is 463 g/mol. The zero-order chi connectivity index (χ0) is 22.3. The van der Waals surface area contributed by atoms with Crippen LogP contribution in [0.1, 0.15) is 40.7 Å². The third-order valence-corrected chi connectivity index (χ3v) is 6.67. The highest BCUT2D eigenvalue weighted by molar-refractivity contribution is 7.98. The number of hydrogen-bond donors (Lipinski definition) is 1. The molecule has 0 aliphatic carbocycles. The third-order valence-electron chi connectivity index (χ3n) is 4.70. The van der Waals surface area contributed by atoms with E-state index in [1.165, 1.54) is 16.9 Å². The van der Waals surface area contributed by atoms with Crippen molar-refractivity contribution in [1.82, 2.24) is 25.1 Å². The van der Waals surface area contributed by atoms with Gasteiger partial charge in [-0.1, -0.05) is 74.1 Å². The van der Waals surface area contributed by atoms with Gasteiger partial charge in [-0.3, -0.25) is 9.36 Å². The Hall–Kier alpha value is -2.97. The van der Waals surface area contributed by atoms with Crippen LogP contribution in [0.2, 0.25) is 0 Å². The van der Waals surface area contributed by atoms with Gasteiger partial charge in [-0.05, 0) is 23.6 Å². The molecule has 4 aromatic rings. The number of para-hydroxylation sites is 1. The number of nitrogens with zero attached hydrogens (tertiary/aromatic N) is 4. The van der Waals surface area contributed by atoms with Gasteiger partial charge in [-0.15, -0.1) is 21.5 Å². The molecule has 8 heteroatoms. The van der Waals surface area contributed by atoms with Gasteiger partial charge in [0, 0.05) is 24.0 Å². The molecule has 0 aliphatic rings. The molecule has 0 atom stereocenters. The number of benzene rings is 2. The van der Waals surface area contributed by atoms with Gasteiger partial charge in [0.25, 0.3) is 5.91 Å². The number of thiazole rings is 1. The van der Waals surface area contributed by atoms with E-state index in [2.05, 4.69) is 63.2 Å². The molecule has 0 unspecified atom stereocenters. The van der Waals surface area contributed by atoms with Crippen molar-refractivity contribution in [2.45, 2.75) is 31.2 Å². The molecule has 6 nitrogen and oxygen atoms in total. The Morgan fingerprint density at radius 2 is 1.78 bits per heavy atom. The van der Waals surface area contributed by atoms with Crippen molar-refractivity contribution >= 4 is 29.0 Å². The first-order valence-corrected chi connectivity index (χ1v) is 12.4. The maximum absolute atomic E-state index is 12.3. The summed E-state index contributed by atoms with van der Waals surface area (Å²) in [5.41, 5.74) is 2.69. The summed E-state index contributed by atoms with van der Waals surface area (Å²) >= 11 is 3.07. The minimum atomic E-state index is -0.121. The van der Waals surface area contributed by atoms with Crippen molar-refractivity contribution in [3.63, 3.8) is 0 Å². The van der Waals surface area contributed by atoms with Crippen molar-refractivity contribution in [2.24, 2.45) is 5.92 Å². The maximum Gasteiger partial charge on any atom is 0.270 e. The summed E-state index contributed by atoms with van der Waals surface area (Å²) in [4.78, 5) is 16.8. The number of amides is 1. The molecule has 2 heterocycles. The van der Waals surface area contributed by atoms with Crippen LogP contribution in [0.25, 0.3) is 5.69 Å². The van der Waals surface area contributed by atoms with Crippen molar-refractivity contribution in [2.75, 3.05) is 6.54 Å². The topological polar surface area (TPSA) is 72.7 Å². The van der Waals surface area contributed by atoms with Gasteiger partial charge >= 0.3 is 0 Å². The van der Waals surface area contributed by atoms with E-state index in [1.807, 2.05) is 41.8 Å². The Morgan fingerprint density at radius 1 is 1.06 bits per heavy atom. The summed E-state index contributed by atoms with van der Waals surface area (Å²) in [6, 6.07) is 20.4. The standard InChI is InChI=1S/C24H25N5OS2/c1-17(2)14-25-23(30)20-15-31-22(26-20)16-32-24-28-27-21(13-18-9-5-3-6-10-18)29(24)19-11-7-4-8-12-19/h3-12,15,17H,13-14,16H2,1-2H3,(H,25,30). The minimum absolute atomic E-state index is 0.121. The summed E-state index contributed by atoms with van der Waals surface area (Å²) in [7, 11) is 0. The van der Waals surface area contributed by atoms with Gasteiger partial charge in [0.2, 0.25) is 0 Å². The van der Waals surface area contributed by atoms with Crippen LogP contribution in [-0.2, 0) is 12.2 Å². The predicted molar refractivity (Wildman–Crippen MR) is 129 cm³/mol. The number of thioether (sulfide) groups is 1. The predicted octanol–water partition coefficient (Wildman–Crippen LogP) is 4.99. The molecular formula is C24H25N5OS2. The molecule has 0 bridgehead atoms. The fraction of sp³-hybridized carbons (Fsp3) is 0.250. The molecule has 1 amide bonds. The minimum Gasteiger partial charge on any atom is -0.350 e. The van der Waals surface area contributed by atoms with E-state index in [0.29, 0.717) is 30.3 Å². The second kappa shape index (κ2) is 10.6. The largest absolute Gasteiger partial charge is 0.350 e. The third kappa shape index (κ3) is 5.63. The van der Waals surface area contributed by atoms with Crippen LogP contribution in [0, 0.1) is 5.92 Å². The quantitative estimate of drug-likeness (QED) is 0.354. The number of hydrogen-bond acceptors (Lipinski definition) is 6. The second-order valence-electron chi connectivity index (χ2n) is 7.75. The van der Waals surface area contributed by atoms with Gasteiger partial charge in [0.05, 0.1) is 5.75 Å². The van der Waals surface area contributed by atoms with Crippen LogP contribution in [0.3, 0.4) is 0 Å². The molecule has 2 aromatic heterocycles. The fourth-order valence-corrected chi connectivity index (χ4v) is 4.88. The van der Waals surface area contributed by atoms with Gasteiger partial charge in [-0.25, -0.2) is 4.98 Å². The molecule has 0 spiro atoms. The molecule has 1 N–H and O–H groups in total. The van der Waals surface area contributed by atoms with Crippen molar-refractivity contribution < 1.29 is 4.79 Å². The zero-order valence-electron chi connectivity index (χ0n) is 18.1. The lowest BCUT2D eigenvalue weighted by molar-refractivity contribution is 0.0944. The number of nitrogens with one attached hydrogen (secondary N) is 1. The first-order valence-electron chi connectivity index (χ1n) is 10.5. The lowest BCUT2D eigenvalue weighted by atomic mass is 10.1. The van der Waals surface area contributed by atoms with Crippen molar-refractivity contribution in [3.05, 3.63) is 88.1 Å². The highest BCUT2D eigenvalue weighted by Gasteiger charge is 2.17. The molecule has 32 heavy (non-hydrogen) atoms. The van der Waals surface area contributed by atoms with Crippen molar-refractivity contribution in [3.8, 4) is 5.69 Å². The lowest BCUT2D eigenvalue weighted by Gasteiger charge is -2.10. The highest BCUT2D eigenvalue weighted by Crippen LogP contribution is 2.27. The number of rotatable bonds is 9. The number of aromatic nitrogens is 4. The molecular weight excluding hydrogens is 438 g/mol. The molecule has 0 radical (unpaired) electrons. The molecule has 0 saturated heterocycles. The van der Waals surface area contributed by atoms with Crippen LogP contribution in [-0.4, -0.2) is 32.2 Å². The van der Waals surface area contributed by atoms with Gasteiger partial charge in [0.15, 0.2) is 5.16 Å². The van der Waals surface area contributed by atoms with Gasteiger partial charge in [0.1, 0.15) is 16.5 Å². The van der Waals surface area contributed by atoms with E-state index in [9.17, 15) is 4.79 Å². The summed E-state index contributed by atoms with van der Waals surface area (Å²) in [6.07, 6.45) is 0.695. The normalized spacial score (nSPS) is 11.1. The summed E-state index contributed by atoms with van der Waals surface area (Å²) in [6.45, 7) is 4.78. The van der Waals surface area contributed by atoms with E-state index in [-0.39, 0.29) is 5.91 Å². The molecule has 2 aromatic carbocycles. The Balaban J connectivity index is 1.51. The van der Waals surface area contributed by atoms with Crippen LogP contribution < -0.4 is 5.32 Å². The molecule has 0 saturated carbocycles. The molecule has 164 valence electrons. The average Bonchev–Trinajstić information content (AvgIpc) is 3.44. The Labute approximate surface area is 196 Å². The molecule has 0 fully saturated rings. The van der Waals surface area contributed by atoms with Crippen LogP contribution in [0.4, 0.5) is 0 Å². The average molecular weight is 464 g/mol. The molecule has 0 aliphatic heterocycles. The smallest absolute Gasteiger partial charge is 0.270 e. The summed E-state index contributed by atoms with van der Waals surface area (Å²) in [5.74, 6) is 1.79. The SMILES string of the molecule is CC(C)CNC(=O)c1csc(CSc2nnc(Cc3ccccc3)n2-c2ccccc2)n1. The second-order valence-corrected chi connectivity index (χ2v) is 9.64. The first kappa shape index (κ1) is 22.2. The highest BCUT2D eigenvalue weighted by atomic mass is 32.2. The van der Waals surface area contributed by atoms with E-state index in [1.54, 1.807) is 11.8 Å². The number of carbonyl (C=O) groups is 1. The zero-order valence-corrected chi connectivity index (χ0v) is 19.7. The van der Waals surface area contributed by atoms with E-state index >= 15 is 0 Å². The van der Waals surface area contributed by atoms with Gasteiger partial charge in [-0.2, -0.15) is 0 Å². The maximum atomic E-state index is 12.3. The van der Waals surface area contributed by atoms with Crippen LogP contribution >= 0.6 is 23.1 Å². The van der Waals surface area contributed by atoms with E-state index in [4.69, 9.17) is 0 Å². The summed E-state index contributed by atoms with van der Waals surface area (Å²) in [5, 5.41) is 15.4. The van der Waals surface area contributed by atoms with Gasteiger partial charge < -0.3 is 5.32 Å². The van der Waals surface area contributed by atoms with Crippen LogP contribution in [0.15, 0.2) is 71.2 Å². The summed E-state index contributed by atoms with van der Waals surface area (Å²) < 4.78 is 2.10. The Kier molecular flexibility index (Phi) is 7.34. The molecule has 4 rings (SSSR count). The lowest BCUT2D eigenvalue weighted by Crippen LogP contribution is -2.27. The fourth-order valence-electron chi connectivity index (χ4n) is 3.12. The van der Waals surface area contributed by atoms with Crippen molar-refractivity contribution in [1.29, 1.82) is 0 Å².